The number of likely N-dealkylation sites (N-methyl/N-ethyl adjacent to an activating group) is 1. The number of nitrogens with one attached hydrogen (secondary N) is 2. The lowest BCUT2D eigenvalue weighted by atomic mass is 9.95. The van der Waals surface area contributed by atoms with Gasteiger partial charge in [0.1, 0.15) is 22.8 Å². The van der Waals surface area contributed by atoms with Gasteiger partial charge in [0.05, 0.1) is 22.6 Å². The molecule has 4 aromatic rings. The Balaban J connectivity index is 1.41. The van der Waals surface area contributed by atoms with Gasteiger partial charge < -0.3 is 15.5 Å². The molecule has 10 heteroatoms. The molecule has 0 spiro atoms. The molecule has 0 amide bonds. The van der Waals surface area contributed by atoms with E-state index in [-0.39, 0.29) is 5.02 Å². The van der Waals surface area contributed by atoms with E-state index < -0.39 is 5.82 Å². The van der Waals surface area contributed by atoms with Gasteiger partial charge in [-0.15, -0.1) is 11.3 Å². The third kappa shape index (κ3) is 4.59. The zero-order valence-electron chi connectivity index (χ0n) is 18.5. The maximum Gasteiger partial charge on any atom is 0.142 e. The first-order valence-corrected chi connectivity index (χ1v) is 12.1. The predicted octanol–water partition coefficient (Wildman–Crippen LogP) is 4.34. The minimum atomic E-state index is -0.444. The summed E-state index contributed by atoms with van der Waals surface area (Å²) in [6.45, 7) is 3.69. The third-order valence-electron chi connectivity index (χ3n) is 5.72. The Morgan fingerprint density at radius 1 is 1.21 bits per heavy atom. The van der Waals surface area contributed by atoms with E-state index in [1.165, 1.54) is 22.1 Å². The molecule has 5 rings (SSSR count). The second kappa shape index (κ2) is 9.34. The zero-order valence-corrected chi connectivity index (χ0v) is 20.1. The molecule has 0 radical (unpaired) electrons. The second-order valence-corrected chi connectivity index (χ2v) is 9.78. The predicted molar refractivity (Wildman–Crippen MR) is 132 cm³/mol. The maximum absolute atomic E-state index is 13.6. The molecule has 0 unspecified atom stereocenters. The molecular formula is C23H25ClFN7S. The summed E-state index contributed by atoms with van der Waals surface area (Å²) in [4.78, 5) is 13.3. The number of halogens is 2. The number of hydrogen-bond donors (Lipinski definition) is 2. The first-order chi connectivity index (χ1) is 16.0. The van der Waals surface area contributed by atoms with Crippen LogP contribution in [0.4, 0.5) is 15.9 Å². The first kappa shape index (κ1) is 22.2. The van der Waals surface area contributed by atoms with E-state index in [2.05, 4.69) is 45.8 Å². The number of aromatic nitrogens is 4. The van der Waals surface area contributed by atoms with E-state index in [1.54, 1.807) is 29.8 Å². The fourth-order valence-corrected chi connectivity index (χ4v) is 5.47. The molecule has 1 aliphatic rings. The van der Waals surface area contributed by atoms with Crippen molar-refractivity contribution in [2.24, 2.45) is 0 Å². The Morgan fingerprint density at radius 3 is 2.91 bits per heavy atom. The van der Waals surface area contributed by atoms with Crippen LogP contribution in [0.2, 0.25) is 5.02 Å². The van der Waals surface area contributed by atoms with Gasteiger partial charge in [-0.2, -0.15) is 5.10 Å². The number of fused-ring (bicyclic) bond motifs is 5. The van der Waals surface area contributed by atoms with Gasteiger partial charge in [0.25, 0.3) is 0 Å². The van der Waals surface area contributed by atoms with E-state index in [0.29, 0.717) is 11.5 Å². The number of nitrogens with zero attached hydrogens (tertiary/aromatic N) is 5. The highest BCUT2D eigenvalue weighted by molar-refractivity contribution is 7.22. The van der Waals surface area contributed by atoms with E-state index in [9.17, 15) is 4.39 Å². The largest absolute Gasteiger partial charge is 0.340 e. The van der Waals surface area contributed by atoms with Gasteiger partial charge in [0.15, 0.2) is 0 Å². The Hall–Kier alpha value is -2.59. The van der Waals surface area contributed by atoms with Gasteiger partial charge in [-0.3, -0.25) is 4.68 Å². The summed E-state index contributed by atoms with van der Waals surface area (Å²) >= 11 is 7.63. The van der Waals surface area contributed by atoms with E-state index >= 15 is 0 Å². The number of aryl methyl sites for hydroxylation is 2. The van der Waals surface area contributed by atoms with Crippen molar-refractivity contribution >= 4 is 44.7 Å². The Bertz CT molecular complexity index is 1300. The summed E-state index contributed by atoms with van der Waals surface area (Å²) < 4.78 is 15.6. The van der Waals surface area contributed by atoms with Gasteiger partial charge in [-0.1, -0.05) is 11.6 Å². The van der Waals surface area contributed by atoms with Gasteiger partial charge in [-0.05, 0) is 50.7 Å². The van der Waals surface area contributed by atoms with E-state index in [1.807, 2.05) is 4.68 Å². The van der Waals surface area contributed by atoms with Crippen molar-refractivity contribution in [1.82, 2.24) is 30.0 Å². The highest BCUT2D eigenvalue weighted by Gasteiger charge is 2.26. The zero-order chi connectivity index (χ0) is 22.9. The molecule has 3 aromatic heterocycles. The molecule has 1 aliphatic carbocycles. The van der Waals surface area contributed by atoms with Gasteiger partial charge in [0.2, 0.25) is 0 Å². The highest BCUT2D eigenvalue weighted by Crippen LogP contribution is 2.45. The minimum absolute atomic E-state index is 0.0749. The van der Waals surface area contributed by atoms with Crippen LogP contribution in [0, 0.1) is 5.82 Å². The lowest BCUT2D eigenvalue weighted by Gasteiger charge is -2.12. The lowest BCUT2D eigenvalue weighted by Crippen LogP contribution is -2.29. The molecule has 0 saturated carbocycles. The molecular weight excluding hydrogens is 461 g/mol. The summed E-state index contributed by atoms with van der Waals surface area (Å²) in [5.74, 6) is 0.265. The smallest absolute Gasteiger partial charge is 0.142 e. The number of benzene rings is 1. The second-order valence-electron chi connectivity index (χ2n) is 8.37. The van der Waals surface area contributed by atoms with Gasteiger partial charge in [0, 0.05) is 42.0 Å². The van der Waals surface area contributed by atoms with Crippen molar-refractivity contribution in [3.8, 4) is 10.4 Å². The number of rotatable bonds is 8. The number of thiophene rings is 1. The van der Waals surface area contributed by atoms with Crippen LogP contribution in [0.5, 0.6) is 0 Å². The van der Waals surface area contributed by atoms with Crippen LogP contribution < -0.4 is 10.6 Å². The quantitative estimate of drug-likeness (QED) is 0.362. The van der Waals surface area contributed by atoms with Crippen LogP contribution in [-0.4, -0.2) is 58.4 Å². The van der Waals surface area contributed by atoms with Crippen LogP contribution in [0.25, 0.3) is 20.7 Å². The highest BCUT2D eigenvalue weighted by atomic mass is 35.5. The van der Waals surface area contributed by atoms with Crippen molar-refractivity contribution in [2.45, 2.75) is 19.4 Å². The number of anilines is 2. The molecule has 1 aromatic carbocycles. The van der Waals surface area contributed by atoms with Crippen LogP contribution in [0.1, 0.15) is 11.3 Å². The first-order valence-electron chi connectivity index (χ1n) is 10.9. The van der Waals surface area contributed by atoms with Gasteiger partial charge in [-0.25, -0.2) is 14.4 Å². The van der Waals surface area contributed by atoms with Crippen LogP contribution in [-0.2, 0) is 19.4 Å². The summed E-state index contributed by atoms with van der Waals surface area (Å²) in [5, 5.41) is 12.7. The minimum Gasteiger partial charge on any atom is -0.340 e. The third-order valence-corrected chi connectivity index (χ3v) is 7.18. The fraction of sp³-hybridized carbons (Fsp3) is 0.348. The average Bonchev–Trinajstić information content (AvgIpc) is 3.37. The fourth-order valence-electron chi connectivity index (χ4n) is 4.07. The Kier molecular flexibility index (Phi) is 6.29. The summed E-state index contributed by atoms with van der Waals surface area (Å²) in [7, 11) is 4.15. The van der Waals surface area contributed by atoms with E-state index in [4.69, 9.17) is 16.7 Å². The van der Waals surface area contributed by atoms with Crippen molar-refractivity contribution in [2.75, 3.05) is 39.0 Å². The van der Waals surface area contributed by atoms with E-state index in [0.717, 1.165) is 54.9 Å². The molecule has 172 valence electrons. The summed E-state index contributed by atoms with van der Waals surface area (Å²) in [6, 6.07) is 4.57. The van der Waals surface area contributed by atoms with Crippen molar-refractivity contribution in [3.05, 3.63) is 52.8 Å². The molecule has 3 heterocycles. The molecule has 33 heavy (non-hydrogen) atoms. The average molecular weight is 486 g/mol. The standard InChI is InChI=1S/C23H25ClFN7S/c1-31(2)9-7-26-8-10-32-12-16-19(30-32)6-4-15-20-22(27-13-28-23(20)33-21(15)16)29-14-3-5-18(25)17(24)11-14/h3,5,11-13,26H,4,6-10H2,1-2H3,(H,27,28,29). The molecule has 0 fully saturated rings. The van der Waals surface area contributed by atoms with Crippen molar-refractivity contribution in [1.29, 1.82) is 0 Å². The van der Waals surface area contributed by atoms with Crippen LogP contribution in [0.15, 0.2) is 30.7 Å². The summed E-state index contributed by atoms with van der Waals surface area (Å²) in [5.41, 5.74) is 4.24. The molecule has 0 bridgehead atoms. The topological polar surface area (TPSA) is 70.9 Å². The van der Waals surface area contributed by atoms with Crippen molar-refractivity contribution in [3.63, 3.8) is 0 Å². The molecule has 2 N–H and O–H groups in total. The molecule has 0 saturated heterocycles. The number of hydrogen-bond acceptors (Lipinski definition) is 7. The molecule has 0 atom stereocenters. The van der Waals surface area contributed by atoms with Gasteiger partial charge >= 0.3 is 0 Å². The molecule has 7 nitrogen and oxygen atoms in total. The summed E-state index contributed by atoms with van der Waals surface area (Å²) in [6.07, 6.45) is 5.47. The van der Waals surface area contributed by atoms with Crippen LogP contribution in [0.3, 0.4) is 0 Å². The van der Waals surface area contributed by atoms with Crippen molar-refractivity contribution < 1.29 is 4.39 Å². The normalized spacial score (nSPS) is 12.9. The SMILES string of the molecule is CN(C)CCNCCn1cc2c(n1)CCc1c-2sc2ncnc(Nc3ccc(F)c(Cl)c3)c12. The molecule has 0 aliphatic heterocycles. The monoisotopic (exact) mass is 485 g/mol. The maximum atomic E-state index is 13.6. The lowest BCUT2D eigenvalue weighted by molar-refractivity contribution is 0.396. The Morgan fingerprint density at radius 2 is 2.09 bits per heavy atom. The van der Waals surface area contributed by atoms with Crippen LogP contribution >= 0.6 is 22.9 Å². The Labute approximate surface area is 200 Å².